The standard InChI is InChI=1S/C19H27N3O3/c1-11-7-8-13(10-15(11)21-12(2)23)22-17(24)19(20)14-6-5-9-25-16(14)18(19,3)4/h7-8,10,14,16H,5-6,9,20H2,1-4H3,(H,21,23)(H,22,24). The van der Waals surface area contributed by atoms with Crippen LogP contribution in [0.2, 0.25) is 0 Å². The van der Waals surface area contributed by atoms with E-state index < -0.39 is 11.0 Å². The van der Waals surface area contributed by atoms with Crippen molar-refractivity contribution in [2.24, 2.45) is 17.1 Å². The van der Waals surface area contributed by atoms with E-state index in [9.17, 15) is 9.59 Å². The van der Waals surface area contributed by atoms with E-state index in [1.54, 1.807) is 6.07 Å². The van der Waals surface area contributed by atoms with Gasteiger partial charge in [-0.3, -0.25) is 9.59 Å². The molecule has 1 saturated heterocycles. The molecule has 1 aliphatic heterocycles. The van der Waals surface area contributed by atoms with Crippen LogP contribution >= 0.6 is 0 Å². The Labute approximate surface area is 148 Å². The molecule has 2 aliphatic rings. The predicted molar refractivity (Wildman–Crippen MR) is 97.3 cm³/mol. The van der Waals surface area contributed by atoms with Gasteiger partial charge in [-0.2, -0.15) is 0 Å². The first-order valence-electron chi connectivity index (χ1n) is 8.78. The number of ether oxygens (including phenoxy) is 1. The number of carbonyl (C=O) groups is 2. The second-order valence-corrected chi connectivity index (χ2v) is 7.80. The maximum Gasteiger partial charge on any atom is 0.245 e. The monoisotopic (exact) mass is 345 g/mol. The summed E-state index contributed by atoms with van der Waals surface area (Å²) in [6.45, 7) is 8.09. The van der Waals surface area contributed by atoms with Crippen molar-refractivity contribution >= 4 is 23.2 Å². The van der Waals surface area contributed by atoms with Crippen LogP contribution in [0.1, 0.15) is 39.2 Å². The van der Waals surface area contributed by atoms with Crippen molar-refractivity contribution in [2.75, 3.05) is 17.2 Å². The third-order valence-electron chi connectivity index (χ3n) is 5.87. The van der Waals surface area contributed by atoms with Gasteiger partial charge in [0.2, 0.25) is 11.8 Å². The normalized spacial score (nSPS) is 30.0. The minimum Gasteiger partial charge on any atom is -0.377 e. The van der Waals surface area contributed by atoms with Crippen molar-refractivity contribution in [1.82, 2.24) is 0 Å². The third-order valence-corrected chi connectivity index (χ3v) is 5.87. The largest absolute Gasteiger partial charge is 0.377 e. The Balaban J connectivity index is 1.81. The van der Waals surface area contributed by atoms with E-state index in [1.165, 1.54) is 6.92 Å². The summed E-state index contributed by atoms with van der Waals surface area (Å²) >= 11 is 0. The van der Waals surface area contributed by atoms with Gasteiger partial charge in [-0.05, 0) is 37.5 Å². The SMILES string of the molecule is CC(=O)Nc1cc(NC(=O)C2(N)C3CCCOC3C2(C)C)ccc1C. The van der Waals surface area contributed by atoms with E-state index in [-0.39, 0.29) is 23.8 Å². The fourth-order valence-corrected chi connectivity index (χ4v) is 4.30. The summed E-state index contributed by atoms with van der Waals surface area (Å²) in [5.74, 6) is -0.303. The molecule has 0 spiro atoms. The summed E-state index contributed by atoms with van der Waals surface area (Å²) in [7, 11) is 0. The van der Waals surface area contributed by atoms with Crippen molar-refractivity contribution in [1.29, 1.82) is 0 Å². The van der Waals surface area contributed by atoms with Crippen molar-refractivity contribution < 1.29 is 14.3 Å². The molecule has 3 atom stereocenters. The molecule has 2 amide bonds. The molecular formula is C19H27N3O3. The Bertz CT molecular complexity index is 716. The highest BCUT2D eigenvalue weighted by atomic mass is 16.5. The molecule has 0 bridgehead atoms. The number of amides is 2. The predicted octanol–water partition coefficient (Wildman–Crippen LogP) is 2.42. The van der Waals surface area contributed by atoms with Gasteiger partial charge in [-0.25, -0.2) is 0 Å². The first-order chi connectivity index (χ1) is 11.7. The van der Waals surface area contributed by atoms with E-state index in [4.69, 9.17) is 10.5 Å². The second-order valence-electron chi connectivity index (χ2n) is 7.80. The topological polar surface area (TPSA) is 93.5 Å². The zero-order chi connectivity index (χ0) is 18.4. The molecule has 1 aromatic rings. The van der Waals surface area contributed by atoms with Crippen LogP contribution in [-0.2, 0) is 14.3 Å². The average Bonchev–Trinajstić information content (AvgIpc) is 2.56. The number of anilines is 2. The summed E-state index contributed by atoms with van der Waals surface area (Å²) in [5.41, 5.74) is 7.47. The van der Waals surface area contributed by atoms with Gasteiger partial charge < -0.3 is 21.1 Å². The number of nitrogens with one attached hydrogen (secondary N) is 2. The molecule has 1 heterocycles. The molecule has 4 N–H and O–H groups in total. The average molecular weight is 345 g/mol. The van der Waals surface area contributed by atoms with Gasteiger partial charge in [0.1, 0.15) is 5.54 Å². The minimum absolute atomic E-state index is 0.0324. The van der Waals surface area contributed by atoms with Crippen LogP contribution in [0, 0.1) is 18.3 Å². The highest BCUT2D eigenvalue weighted by molar-refractivity contribution is 6.01. The molecule has 2 fully saturated rings. The fourth-order valence-electron chi connectivity index (χ4n) is 4.30. The van der Waals surface area contributed by atoms with E-state index in [0.717, 1.165) is 25.0 Å². The van der Waals surface area contributed by atoms with Gasteiger partial charge in [0.25, 0.3) is 0 Å². The van der Waals surface area contributed by atoms with E-state index in [1.807, 2.05) is 32.9 Å². The maximum atomic E-state index is 13.0. The molecule has 3 rings (SSSR count). The molecule has 136 valence electrons. The fraction of sp³-hybridized carbons (Fsp3) is 0.579. The molecule has 25 heavy (non-hydrogen) atoms. The Kier molecular flexibility index (Phi) is 4.37. The lowest BCUT2D eigenvalue weighted by atomic mass is 9.46. The third kappa shape index (κ3) is 2.73. The zero-order valence-corrected chi connectivity index (χ0v) is 15.3. The first kappa shape index (κ1) is 17.9. The Hall–Kier alpha value is -1.92. The van der Waals surface area contributed by atoms with Gasteiger partial charge in [0.15, 0.2) is 0 Å². The van der Waals surface area contributed by atoms with Crippen LogP contribution < -0.4 is 16.4 Å². The maximum absolute atomic E-state index is 13.0. The van der Waals surface area contributed by atoms with Gasteiger partial charge in [-0.1, -0.05) is 19.9 Å². The summed E-state index contributed by atoms with van der Waals surface area (Å²) in [6.07, 6.45) is 1.87. The van der Waals surface area contributed by atoms with E-state index in [0.29, 0.717) is 11.4 Å². The molecule has 6 nitrogen and oxygen atoms in total. The lowest BCUT2D eigenvalue weighted by molar-refractivity contribution is -0.222. The van der Waals surface area contributed by atoms with E-state index in [2.05, 4.69) is 10.6 Å². The summed E-state index contributed by atoms with van der Waals surface area (Å²) in [6, 6.07) is 5.45. The van der Waals surface area contributed by atoms with Crippen molar-refractivity contribution in [3.8, 4) is 0 Å². The smallest absolute Gasteiger partial charge is 0.245 e. The number of benzene rings is 1. The van der Waals surface area contributed by atoms with Gasteiger partial charge in [0.05, 0.1) is 6.10 Å². The van der Waals surface area contributed by atoms with Gasteiger partial charge >= 0.3 is 0 Å². The second kappa shape index (κ2) is 6.11. The molecule has 1 aliphatic carbocycles. The number of fused-ring (bicyclic) bond motifs is 1. The van der Waals surface area contributed by atoms with Crippen LogP contribution in [0.15, 0.2) is 18.2 Å². The van der Waals surface area contributed by atoms with Crippen molar-refractivity contribution in [2.45, 2.75) is 52.2 Å². The van der Waals surface area contributed by atoms with Crippen LogP contribution in [-0.4, -0.2) is 30.1 Å². The highest BCUT2D eigenvalue weighted by Crippen LogP contribution is 2.57. The Morgan fingerprint density at radius 3 is 2.68 bits per heavy atom. The molecule has 0 radical (unpaired) electrons. The first-order valence-corrected chi connectivity index (χ1v) is 8.78. The molecular weight excluding hydrogens is 318 g/mol. The molecule has 6 heteroatoms. The van der Waals surface area contributed by atoms with Crippen molar-refractivity contribution in [3.63, 3.8) is 0 Å². The summed E-state index contributed by atoms with van der Waals surface area (Å²) in [5, 5.41) is 5.72. The number of hydrogen-bond acceptors (Lipinski definition) is 4. The van der Waals surface area contributed by atoms with Gasteiger partial charge in [0, 0.05) is 36.2 Å². The summed E-state index contributed by atoms with van der Waals surface area (Å²) in [4.78, 5) is 24.4. The molecule has 1 aromatic carbocycles. The van der Waals surface area contributed by atoms with E-state index >= 15 is 0 Å². The van der Waals surface area contributed by atoms with Gasteiger partial charge in [-0.15, -0.1) is 0 Å². The molecule has 1 saturated carbocycles. The quantitative estimate of drug-likeness (QED) is 0.784. The number of hydrogen-bond donors (Lipinski definition) is 3. The van der Waals surface area contributed by atoms with Crippen LogP contribution in [0.4, 0.5) is 11.4 Å². The zero-order valence-electron chi connectivity index (χ0n) is 15.3. The molecule has 3 unspecified atom stereocenters. The van der Waals surface area contributed by atoms with Crippen LogP contribution in [0.3, 0.4) is 0 Å². The Morgan fingerprint density at radius 2 is 2.00 bits per heavy atom. The number of nitrogens with two attached hydrogens (primary N) is 1. The molecule has 0 aromatic heterocycles. The lowest BCUT2D eigenvalue weighted by Crippen LogP contribution is -2.81. The van der Waals surface area contributed by atoms with Crippen LogP contribution in [0.25, 0.3) is 0 Å². The highest BCUT2D eigenvalue weighted by Gasteiger charge is 2.70. The number of carbonyl (C=O) groups excluding carboxylic acids is 2. The Morgan fingerprint density at radius 1 is 1.28 bits per heavy atom. The number of rotatable bonds is 3. The van der Waals surface area contributed by atoms with Crippen LogP contribution in [0.5, 0.6) is 0 Å². The summed E-state index contributed by atoms with van der Waals surface area (Å²) < 4.78 is 5.86. The minimum atomic E-state index is -0.961. The number of aryl methyl sites for hydroxylation is 1. The van der Waals surface area contributed by atoms with Crippen molar-refractivity contribution in [3.05, 3.63) is 23.8 Å². The lowest BCUT2D eigenvalue weighted by Gasteiger charge is -2.65.